The van der Waals surface area contributed by atoms with E-state index in [4.69, 9.17) is 0 Å². The smallest absolute Gasteiger partial charge is 0.234 e. The maximum atomic E-state index is 11.8. The first-order valence-electron chi connectivity index (χ1n) is 11.6. The van der Waals surface area contributed by atoms with Gasteiger partial charge in [-0.3, -0.25) is 9.52 Å². The summed E-state index contributed by atoms with van der Waals surface area (Å²) in [5, 5.41) is 13.8. The first-order chi connectivity index (χ1) is 14.9. The number of carbonyl (C=O) groups is 2. The minimum Gasteiger partial charge on any atom is -0.300 e. The van der Waals surface area contributed by atoms with E-state index in [9.17, 15) is 18.0 Å². The summed E-state index contributed by atoms with van der Waals surface area (Å²) in [6, 6.07) is 0. The Balaban J connectivity index is 1.84. The number of hydrogen-bond acceptors (Lipinski definition) is 7. The summed E-state index contributed by atoms with van der Waals surface area (Å²) in [7, 11) is -3.62. The molecular weight excluding hydrogens is 418 g/mol. The molecule has 0 fully saturated rings. The van der Waals surface area contributed by atoms with Gasteiger partial charge in [-0.15, -0.1) is 5.10 Å². The molecule has 2 N–H and O–H groups in total. The third kappa shape index (κ3) is 16.5. The lowest BCUT2D eigenvalue weighted by Gasteiger charge is -2.06. The zero-order chi connectivity index (χ0) is 22.8. The van der Waals surface area contributed by atoms with Crippen molar-refractivity contribution in [3.8, 4) is 0 Å². The number of nitrogens with one attached hydrogen (secondary N) is 2. The minimum absolute atomic E-state index is 0.0465. The van der Waals surface area contributed by atoms with Gasteiger partial charge in [0.25, 0.3) is 0 Å². The van der Waals surface area contributed by atoms with Gasteiger partial charge >= 0.3 is 0 Å². The molecule has 178 valence electrons. The molecule has 0 saturated heterocycles. The maximum absolute atomic E-state index is 11.8. The number of amides is 1. The number of aromatic amines is 1. The topological polar surface area (TPSA) is 135 Å². The fourth-order valence-electron chi connectivity index (χ4n) is 3.42. The SMILES string of the molecule is CC(=O)CCCS(=O)(=O)NC(=O)CCCCCCCCCCCCCCc1nnn[nH]1. The highest BCUT2D eigenvalue weighted by atomic mass is 32.2. The van der Waals surface area contributed by atoms with E-state index in [0.29, 0.717) is 6.42 Å². The zero-order valence-corrected chi connectivity index (χ0v) is 19.7. The minimum atomic E-state index is -3.62. The van der Waals surface area contributed by atoms with Crippen LogP contribution in [0.1, 0.15) is 109 Å². The van der Waals surface area contributed by atoms with Gasteiger partial charge in [-0.05, 0) is 36.6 Å². The second-order valence-corrected chi connectivity index (χ2v) is 10.1. The average Bonchev–Trinajstić information content (AvgIpc) is 3.20. The average molecular weight is 458 g/mol. The Morgan fingerprint density at radius 1 is 0.806 bits per heavy atom. The number of Topliss-reactive ketones (excluding diaryl/α,β-unsaturated/α-hetero) is 1. The number of H-pyrrole nitrogens is 1. The molecule has 0 spiro atoms. The van der Waals surface area contributed by atoms with Crippen LogP contribution in [0.4, 0.5) is 0 Å². The van der Waals surface area contributed by atoms with Crippen LogP contribution in [0, 0.1) is 0 Å². The van der Waals surface area contributed by atoms with Crippen molar-refractivity contribution in [3.05, 3.63) is 5.82 Å². The van der Waals surface area contributed by atoms with E-state index < -0.39 is 15.9 Å². The van der Waals surface area contributed by atoms with Crippen LogP contribution in [0.3, 0.4) is 0 Å². The Kier molecular flexibility index (Phi) is 14.7. The second-order valence-electron chi connectivity index (χ2n) is 8.24. The van der Waals surface area contributed by atoms with Crippen LogP contribution < -0.4 is 4.72 Å². The number of unbranched alkanes of at least 4 members (excludes halogenated alkanes) is 11. The standard InChI is InChI=1S/C21H39N5O4S/c1-19(27)15-14-18-31(29,30)24-21(28)17-13-11-9-7-5-3-2-4-6-8-10-12-16-20-22-25-26-23-20/h2-18H2,1H3,(H,24,28)(H,22,23,25,26). The number of sulfonamides is 1. The largest absolute Gasteiger partial charge is 0.300 e. The fourth-order valence-corrected chi connectivity index (χ4v) is 4.49. The third-order valence-corrected chi connectivity index (χ3v) is 6.53. The normalized spacial score (nSPS) is 11.5. The molecule has 1 heterocycles. The van der Waals surface area contributed by atoms with Crippen molar-refractivity contribution in [2.45, 2.75) is 110 Å². The predicted molar refractivity (Wildman–Crippen MR) is 120 cm³/mol. The Labute approximate surface area is 186 Å². The summed E-state index contributed by atoms with van der Waals surface area (Å²) < 4.78 is 25.6. The molecule has 1 rings (SSSR count). The summed E-state index contributed by atoms with van der Waals surface area (Å²) in [4.78, 5) is 22.6. The van der Waals surface area contributed by atoms with Crippen LogP contribution in [-0.4, -0.2) is 46.5 Å². The van der Waals surface area contributed by atoms with Crippen LogP contribution in [0.15, 0.2) is 0 Å². The van der Waals surface area contributed by atoms with Crippen LogP contribution in [0.5, 0.6) is 0 Å². The molecule has 0 aliphatic heterocycles. The van der Waals surface area contributed by atoms with E-state index in [-0.39, 0.29) is 30.8 Å². The molecule has 0 aliphatic rings. The molecule has 1 aromatic rings. The number of aryl methyl sites for hydroxylation is 1. The lowest BCUT2D eigenvalue weighted by atomic mass is 10.0. The van der Waals surface area contributed by atoms with Gasteiger partial charge in [-0.2, -0.15) is 0 Å². The van der Waals surface area contributed by atoms with Crippen LogP contribution in [0.25, 0.3) is 0 Å². The number of aromatic nitrogens is 4. The highest BCUT2D eigenvalue weighted by Gasteiger charge is 2.14. The lowest BCUT2D eigenvalue weighted by Crippen LogP contribution is -2.32. The maximum Gasteiger partial charge on any atom is 0.234 e. The van der Waals surface area contributed by atoms with Crippen molar-refractivity contribution >= 4 is 21.7 Å². The molecule has 10 heteroatoms. The Hall–Kier alpha value is -1.84. The van der Waals surface area contributed by atoms with Crippen molar-refractivity contribution in [2.24, 2.45) is 0 Å². The summed E-state index contributed by atoms with van der Waals surface area (Å²) in [5.41, 5.74) is 0. The Morgan fingerprint density at radius 3 is 1.87 bits per heavy atom. The van der Waals surface area contributed by atoms with E-state index in [2.05, 4.69) is 25.3 Å². The first-order valence-corrected chi connectivity index (χ1v) is 13.3. The summed E-state index contributed by atoms with van der Waals surface area (Å²) >= 11 is 0. The predicted octanol–water partition coefficient (Wildman–Crippen LogP) is 3.63. The van der Waals surface area contributed by atoms with E-state index in [1.807, 2.05) is 0 Å². The zero-order valence-electron chi connectivity index (χ0n) is 18.9. The van der Waals surface area contributed by atoms with Crippen molar-refractivity contribution in [1.29, 1.82) is 0 Å². The van der Waals surface area contributed by atoms with Gasteiger partial charge in [0.1, 0.15) is 11.6 Å². The van der Waals surface area contributed by atoms with E-state index in [1.165, 1.54) is 51.9 Å². The van der Waals surface area contributed by atoms with Crippen molar-refractivity contribution in [2.75, 3.05) is 5.75 Å². The van der Waals surface area contributed by atoms with Crippen LogP contribution in [0.2, 0.25) is 0 Å². The fraction of sp³-hybridized carbons (Fsp3) is 0.857. The van der Waals surface area contributed by atoms with Gasteiger partial charge in [0.2, 0.25) is 15.9 Å². The molecule has 0 unspecified atom stereocenters. The molecule has 0 saturated carbocycles. The van der Waals surface area contributed by atoms with Gasteiger partial charge in [0, 0.05) is 19.3 Å². The van der Waals surface area contributed by atoms with Gasteiger partial charge in [-0.25, -0.2) is 13.5 Å². The number of ketones is 1. The number of rotatable bonds is 20. The molecule has 0 bridgehead atoms. The van der Waals surface area contributed by atoms with Crippen molar-refractivity contribution < 1.29 is 18.0 Å². The number of hydrogen-bond donors (Lipinski definition) is 2. The highest BCUT2D eigenvalue weighted by Crippen LogP contribution is 2.13. The number of nitrogens with zero attached hydrogens (tertiary/aromatic N) is 3. The molecule has 0 aliphatic carbocycles. The van der Waals surface area contributed by atoms with Crippen LogP contribution in [-0.2, 0) is 26.0 Å². The monoisotopic (exact) mass is 457 g/mol. The molecule has 1 amide bonds. The van der Waals surface area contributed by atoms with Gasteiger partial charge in [0.15, 0.2) is 0 Å². The molecule has 0 aromatic carbocycles. The first kappa shape index (κ1) is 27.2. The number of tetrazole rings is 1. The molecule has 0 atom stereocenters. The van der Waals surface area contributed by atoms with E-state index in [0.717, 1.165) is 37.9 Å². The lowest BCUT2D eigenvalue weighted by molar-refractivity contribution is -0.119. The quantitative estimate of drug-likeness (QED) is 0.285. The van der Waals surface area contributed by atoms with E-state index in [1.54, 1.807) is 0 Å². The van der Waals surface area contributed by atoms with Crippen molar-refractivity contribution in [3.63, 3.8) is 0 Å². The Bertz CT molecular complexity index is 707. The molecule has 31 heavy (non-hydrogen) atoms. The van der Waals surface area contributed by atoms with Gasteiger partial charge in [-0.1, -0.05) is 64.2 Å². The molecular formula is C21H39N5O4S. The third-order valence-electron chi connectivity index (χ3n) is 5.17. The van der Waals surface area contributed by atoms with Gasteiger partial charge in [0.05, 0.1) is 5.75 Å². The molecule has 9 nitrogen and oxygen atoms in total. The summed E-state index contributed by atoms with van der Waals surface area (Å²) in [6.45, 7) is 1.43. The Morgan fingerprint density at radius 2 is 1.35 bits per heavy atom. The molecule has 1 aromatic heterocycles. The summed E-state index contributed by atoms with van der Waals surface area (Å²) in [5.74, 6) is 0.195. The van der Waals surface area contributed by atoms with Crippen molar-refractivity contribution in [1.82, 2.24) is 25.3 Å². The summed E-state index contributed by atoms with van der Waals surface area (Å²) in [6.07, 6.45) is 15.4. The van der Waals surface area contributed by atoms with Crippen LogP contribution >= 0.6 is 0 Å². The van der Waals surface area contributed by atoms with E-state index >= 15 is 0 Å². The second kappa shape index (κ2) is 16.8. The highest BCUT2D eigenvalue weighted by molar-refractivity contribution is 7.90. The molecule has 0 radical (unpaired) electrons. The van der Waals surface area contributed by atoms with Gasteiger partial charge < -0.3 is 4.79 Å². The number of carbonyl (C=O) groups excluding carboxylic acids is 2.